The summed E-state index contributed by atoms with van der Waals surface area (Å²) in [6.07, 6.45) is 0. The minimum Gasteiger partial charge on any atom is -0.465 e. The molecule has 0 N–H and O–H groups in total. The third kappa shape index (κ3) is 2.94. The molecule has 4 rings (SSSR count). The van der Waals surface area contributed by atoms with E-state index in [1.165, 1.54) is 44.2 Å². The van der Waals surface area contributed by atoms with E-state index in [2.05, 4.69) is 0 Å². The van der Waals surface area contributed by atoms with Crippen LogP contribution in [0.3, 0.4) is 0 Å². The van der Waals surface area contributed by atoms with Gasteiger partial charge < -0.3 is 14.2 Å². The summed E-state index contributed by atoms with van der Waals surface area (Å²) in [6, 6.07) is 9.40. The van der Waals surface area contributed by atoms with Crippen molar-refractivity contribution in [2.75, 3.05) is 13.2 Å². The van der Waals surface area contributed by atoms with Gasteiger partial charge in [-0.2, -0.15) is 0 Å². The van der Waals surface area contributed by atoms with Crippen LogP contribution in [0.4, 0.5) is 5.69 Å². The summed E-state index contributed by atoms with van der Waals surface area (Å²) in [5.74, 6) is -5.07. The highest BCUT2D eigenvalue weighted by molar-refractivity contribution is 6.33. The molecule has 168 valence electrons. The number of esters is 2. The predicted octanol–water partition coefficient (Wildman–Crippen LogP) is 2.68. The van der Waals surface area contributed by atoms with Gasteiger partial charge in [0.1, 0.15) is 11.3 Å². The number of nitro benzene ring substituents is 1. The monoisotopic (exact) mass is 451 g/mol. The van der Waals surface area contributed by atoms with E-state index in [-0.39, 0.29) is 30.1 Å². The molecule has 2 aliphatic rings. The Kier molecular flexibility index (Phi) is 5.28. The Balaban J connectivity index is 2.18. The maximum Gasteiger partial charge on any atom is 0.333 e. The van der Waals surface area contributed by atoms with Crippen LogP contribution >= 0.6 is 0 Å². The van der Waals surface area contributed by atoms with Crippen molar-refractivity contribution in [1.82, 2.24) is 0 Å². The second kappa shape index (κ2) is 7.97. The number of nitro groups is 1. The molecule has 33 heavy (non-hydrogen) atoms. The van der Waals surface area contributed by atoms with Crippen LogP contribution in [0.1, 0.15) is 40.1 Å². The quantitative estimate of drug-likeness (QED) is 0.290. The summed E-state index contributed by atoms with van der Waals surface area (Å²) in [6.45, 7) is 2.51. The first-order chi connectivity index (χ1) is 15.8. The number of carbonyl (C=O) groups is 4. The van der Waals surface area contributed by atoms with Crippen molar-refractivity contribution >= 4 is 29.2 Å². The van der Waals surface area contributed by atoms with Crippen molar-refractivity contribution in [2.45, 2.75) is 19.3 Å². The molecule has 0 spiro atoms. The number of nitrogens with zero attached hydrogens (tertiary/aromatic N) is 1. The Hall–Kier alpha value is -4.34. The fourth-order valence-electron chi connectivity index (χ4n) is 4.13. The Morgan fingerprint density at radius 3 is 2.06 bits per heavy atom. The number of ketones is 2. The highest BCUT2D eigenvalue weighted by atomic mass is 16.6. The van der Waals surface area contributed by atoms with Gasteiger partial charge in [0.2, 0.25) is 11.2 Å². The Labute approximate surface area is 186 Å². The van der Waals surface area contributed by atoms with Crippen molar-refractivity contribution in [3.8, 4) is 5.75 Å². The van der Waals surface area contributed by atoms with Crippen LogP contribution in [-0.4, -0.2) is 41.6 Å². The predicted molar refractivity (Wildman–Crippen MR) is 111 cm³/mol. The second-order valence-electron chi connectivity index (χ2n) is 7.11. The molecule has 0 atom stereocenters. The van der Waals surface area contributed by atoms with E-state index in [0.29, 0.717) is 0 Å². The standard InChI is InChI=1S/C23H17NO9/c1-3-31-21(27)23(22(28)32-4-2)16-14(24(29)30)10-7-11-15(16)33-20-17(23)18(25)12-8-5-6-9-13(12)19(20)26/h5-11H,3-4H2,1-2H3. The minimum atomic E-state index is -2.74. The maximum absolute atomic E-state index is 13.6. The smallest absolute Gasteiger partial charge is 0.333 e. The molecule has 2 aromatic rings. The molecule has 10 nitrogen and oxygen atoms in total. The van der Waals surface area contributed by atoms with E-state index < -0.39 is 56.4 Å². The summed E-state index contributed by atoms with van der Waals surface area (Å²) in [5.41, 5.74) is -4.66. The number of fused-ring (bicyclic) bond motifs is 2. The molecular formula is C23H17NO9. The van der Waals surface area contributed by atoms with Crippen LogP contribution in [0.2, 0.25) is 0 Å². The third-order valence-corrected chi connectivity index (χ3v) is 5.40. The molecular weight excluding hydrogens is 434 g/mol. The zero-order valence-corrected chi connectivity index (χ0v) is 17.6. The van der Waals surface area contributed by atoms with Gasteiger partial charge in [0, 0.05) is 17.2 Å². The summed E-state index contributed by atoms with van der Waals surface area (Å²) in [5, 5.41) is 11.9. The lowest BCUT2D eigenvalue weighted by Gasteiger charge is -2.37. The van der Waals surface area contributed by atoms with Crippen molar-refractivity contribution in [2.24, 2.45) is 0 Å². The number of benzene rings is 2. The van der Waals surface area contributed by atoms with Crippen LogP contribution in [0.25, 0.3) is 0 Å². The Bertz CT molecular complexity index is 1260. The molecule has 10 heteroatoms. The van der Waals surface area contributed by atoms with Gasteiger partial charge in [-0.25, -0.2) is 0 Å². The highest BCUT2D eigenvalue weighted by Gasteiger charge is 2.65. The molecule has 0 radical (unpaired) electrons. The van der Waals surface area contributed by atoms with Crippen molar-refractivity contribution in [1.29, 1.82) is 0 Å². The van der Waals surface area contributed by atoms with Gasteiger partial charge in [-0.05, 0) is 19.9 Å². The van der Waals surface area contributed by atoms with Gasteiger partial charge in [0.05, 0.1) is 23.7 Å². The minimum absolute atomic E-state index is 0.0109. The van der Waals surface area contributed by atoms with Crippen LogP contribution in [0.15, 0.2) is 53.8 Å². The zero-order valence-electron chi connectivity index (χ0n) is 17.6. The summed E-state index contributed by atoms with van der Waals surface area (Å²) >= 11 is 0. The SMILES string of the molecule is CCOC(=O)C1(C(=O)OCC)C2=C(Oc3cccc([N+](=O)[O-])c31)C(=O)c1ccccc1C2=O. The first-order valence-corrected chi connectivity index (χ1v) is 10.0. The number of rotatable bonds is 5. The van der Waals surface area contributed by atoms with Crippen LogP contribution in [0.5, 0.6) is 5.75 Å². The lowest BCUT2D eigenvalue weighted by atomic mass is 9.66. The number of carbonyl (C=O) groups excluding carboxylic acids is 4. The van der Waals surface area contributed by atoms with Gasteiger partial charge in [-0.3, -0.25) is 29.3 Å². The van der Waals surface area contributed by atoms with Gasteiger partial charge >= 0.3 is 11.9 Å². The van der Waals surface area contributed by atoms with Crippen LogP contribution in [0, 0.1) is 10.1 Å². The van der Waals surface area contributed by atoms with Crippen molar-refractivity contribution in [3.63, 3.8) is 0 Å². The second-order valence-corrected chi connectivity index (χ2v) is 7.11. The first kappa shape index (κ1) is 21.9. The summed E-state index contributed by atoms with van der Waals surface area (Å²) in [4.78, 5) is 65.0. The normalized spacial score (nSPS) is 15.6. The molecule has 1 heterocycles. The zero-order chi connectivity index (χ0) is 23.9. The number of hydrogen-bond donors (Lipinski definition) is 0. The molecule has 2 aromatic carbocycles. The number of Topliss-reactive ketones (excluding diaryl/α,β-unsaturated/α-hetero) is 2. The molecule has 1 aliphatic heterocycles. The first-order valence-electron chi connectivity index (χ1n) is 10.0. The van der Waals surface area contributed by atoms with E-state index in [1.807, 2.05) is 0 Å². The molecule has 0 amide bonds. The number of hydrogen-bond acceptors (Lipinski definition) is 9. The Morgan fingerprint density at radius 2 is 1.52 bits per heavy atom. The fourth-order valence-corrected chi connectivity index (χ4v) is 4.13. The van der Waals surface area contributed by atoms with Crippen LogP contribution in [-0.2, 0) is 24.5 Å². The average molecular weight is 451 g/mol. The van der Waals surface area contributed by atoms with E-state index in [0.717, 1.165) is 6.07 Å². The van der Waals surface area contributed by atoms with Crippen molar-refractivity contribution < 1.29 is 38.3 Å². The third-order valence-electron chi connectivity index (χ3n) is 5.40. The lowest BCUT2D eigenvalue weighted by Crippen LogP contribution is -2.54. The van der Waals surface area contributed by atoms with Gasteiger partial charge in [0.25, 0.3) is 5.69 Å². The topological polar surface area (TPSA) is 139 Å². The molecule has 0 bridgehead atoms. The summed E-state index contributed by atoms with van der Waals surface area (Å²) < 4.78 is 16.0. The highest BCUT2D eigenvalue weighted by Crippen LogP contribution is 2.52. The molecule has 0 saturated heterocycles. The molecule has 1 aliphatic carbocycles. The fraction of sp³-hybridized carbons (Fsp3) is 0.217. The van der Waals surface area contributed by atoms with Crippen LogP contribution < -0.4 is 4.74 Å². The average Bonchev–Trinajstić information content (AvgIpc) is 2.80. The Morgan fingerprint density at radius 1 is 0.939 bits per heavy atom. The van der Waals surface area contributed by atoms with E-state index in [1.54, 1.807) is 6.07 Å². The number of ether oxygens (including phenoxy) is 3. The number of allylic oxidation sites excluding steroid dienone is 1. The van der Waals surface area contributed by atoms with Gasteiger partial charge in [-0.1, -0.05) is 30.3 Å². The lowest BCUT2D eigenvalue weighted by molar-refractivity contribution is -0.386. The largest absolute Gasteiger partial charge is 0.465 e. The molecule has 0 aromatic heterocycles. The molecule has 0 fully saturated rings. The van der Waals surface area contributed by atoms with Crippen molar-refractivity contribution in [3.05, 3.63) is 80.6 Å². The van der Waals surface area contributed by atoms with E-state index in [4.69, 9.17) is 14.2 Å². The van der Waals surface area contributed by atoms with E-state index >= 15 is 0 Å². The van der Waals surface area contributed by atoms with Gasteiger partial charge in [-0.15, -0.1) is 0 Å². The molecule has 0 unspecified atom stereocenters. The van der Waals surface area contributed by atoms with E-state index in [9.17, 15) is 29.3 Å². The summed E-state index contributed by atoms with van der Waals surface area (Å²) in [7, 11) is 0. The van der Waals surface area contributed by atoms with Gasteiger partial charge in [0.15, 0.2) is 11.5 Å². The molecule has 0 saturated carbocycles. The maximum atomic E-state index is 13.6.